The Hall–Kier alpha value is -3.14. The number of hydrogen-bond donors (Lipinski definition) is 4. The van der Waals surface area contributed by atoms with E-state index in [1.807, 2.05) is 36.3 Å². The molecule has 3 rings (SSSR count). The van der Waals surface area contributed by atoms with Crippen LogP contribution in [0.1, 0.15) is 24.3 Å². The van der Waals surface area contributed by atoms with E-state index in [1.165, 1.54) is 23.3 Å². The summed E-state index contributed by atoms with van der Waals surface area (Å²) in [4.78, 5) is 15.6. The molecule has 2 heterocycles. The van der Waals surface area contributed by atoms with Gasteiger partial charge in [-0.1, -0.05) is 30.3 Å². The summed E-state index contributed by atoms with van der Waals surface area (Å²) in [5.41, 5.74) is 4.38. The van der Waals surface area contributed by atoms with Crippen molar-refractivity contribution in [1.82, 2.24) is 20.4 Å². The molecule has 0 saturated carbocycles. The van der Waals surface area contributed by atoms with Crippen molar-refractivity contribution in [3.8, 4) is 11.1 Å². The van der Waals surface area contributed by atoms with Gasteiger partial charge in [0.15, 0.2) is 0 Å². The zero-order valence-corrected chi connectivity index (χ0v) is 20.6. The highest BCUT2D eigenvalue weighted by molar-refractivity contribution is 5.67. The maximum Gasteiger partial charge on any atom is 0.410 e. The molecule has 190 valence electrons. The van der Waals surface area contributed by atoms with Crippen LogP contribution in [0, 0.1) is 0 Å². The fraction of sp³-hybridized carbons (Fsp3) is 0.462. The minimum Gasteiger partial charge on any atom is -0.441 e. The summed E-state index contributed by atoms with van der Waals surface area (Å²) in [5, 5.41) is 28.9. The predicted octanol–water partition coefficient (Wildman–Crippen LogP) is 2.53. The Morgan fingerprint density at radius 2 is 1.83 bits per heavy atom. The lowest BCUT2D eigenvalue weighted by molar-refractivity contribution is 0.00820. The number of aromatic nitrogens is 2. The molecular weight excluding hydrogens is 446 g/mol. The fourth-order valence-corrected chi connectivity index (χ4v) is 3.94. The van der Waals surface area contributed by atoms with Crippen LogP contribution in [0.3, 0.4) is 0 Å². The van der Waals surface area contributed by atoms with Crippen LogP contribution < -0.4 is 10.2 Å². The van der Waals surface area contributed by atoms with E-state index in [-0.39, 0.29) is 0 Å². The first-order valence-corrected chi connectivity index (χ1v) is 12.0. The number of benzene rings is 1. The number of carbonyl (C=O) groups is 1. The van der Waals surface area contributed by atoms with Crippen molar-refractivity contribution in [2.75, 3.05) is 58.4 Å². The van der Waals surface area contributed by atoms with Gasteiger partial charge < -0.3 is 30.1 Å². The number of hydrogen-bond acceptors (Lipinski definition) is 7. The van der Waals surface area contributed by atoms with E-state index < -0.39 is 25.4 Å². The molecule has 1 aliphatic heterocycles. The van der Waals surface area contributed by atoms with Gasteiger partial charge >= 0.3 is 6.09 Å². The van der Waals surface area contributed by atoms with Crippen molar-refractivity contribution in [2.45, 2.75) is 24.9 Å². The number of aromatic amines is 1. The van der Waals surface area contributed by atoms with Crippen LogP contribution in [0.25, 0.3) is 11.1 Å². The van der Waals surface area contributed by atoms with Crippen molar-refractivity contribution in [1.29, 1.82) is 0 Å². The molecule has 35 heavy (non-hydrogen) atoms. The highest BCUT2D eigenvalue weighted by atomic mass is 16.6. The monoisotopic (exact) mass is 483 g/mol. The molecule has 1 amide bonds. The quantitative estimate of drug-likeness (QED) is 0.433. The molecule has 0 radical (unpaired) electrons. The number of rotatable bonds is 9. The van der Waals surface area contributed by atoms with Crippen LogP contribution in [-0.2, 0) is 4.74 Å². The average molecular weight is 484 g/mol. The van der Waals surface area contributed by atoms with Crippen molar-refractivity contribution < 1.29 is 19.7 Å². The summed E-state index contributed by atoms with van der Waals surface area (Å²) >= 11 is 0. The maximum absolute atomic E-state index is 12.1. The molecule has 1 fully saturated rings. The number of ether oxygens (including phenoxy) is 1. The Balaban J connectivity index is 1.67. The second kappa shape index (κ2) is 13.7. The highest BCUT2D eigenvalue weighted by Crippen LogP contribution is 2.26. The zero-order chi connectivity index (χ0) is 25.0. The molecule has 1 aromatic heterocycles. The molecule has 0 spiro atoms. The number of H-pyrrole nitrogens is 1. The Kier molecular flexibility index (Phi) is 10.3. The summed E-state index contributed by atoms with van der Waals surface area (Å²) < 4.78 is 5.05. The molecule has 4 N–H and O–H groups in total. The molecule has 0 unspecified atom stereocenters. The maximum atomic E-state index is 12.1. The highest BCUT2D eigenvalue weighted by Gasteiger charge is 2.17. The molecule has 9 nitrogen and oxygen atoms in total. The number of nitrogens with one attached hydrogen (secondary N) is 2. The second-order valence-corrected chi connectivity index (χ2v) is 8.81. The molecule has 1 aliphatic rings. The third kappa shape index (κ3) is 7.95. The van der Waals surface area contributed by atoms with Crippen LogP contribution in [0.2, 0.25) is 0 Å². The number of aliphatic hydroxyl groups excluding tert-OH is 2. The first kappa shape index (κ1) is 26.5. The largest absolute Gasteiger partial charge is 0.441 e. The number of nitrogens with zero attached hydrogens (tertiary/aromatic N) is 3. The van der Waals surface area contributed by atoms with Crippen molar-refractivity contribution >= 4 is 11.8 Å². The minimum absolute atomic E-state index is 0.405. The van der Waals surface area contributed by atoms with Gasteiger partial charge in [0.05, 0.1) is 19.4 Å². The van der Waals surface area contributed by atoms with Crippen LogP contribution in [0.5, 0.6) is 0 Å². The standard InChI is InChI=1S/C26H37N5O4/c1-30(14-15-31(2)26(34)35-25(18-32)19-33)24-10-9-23(17-29-28-13-11-24)21-7-5-20(6-8-21)22-4-3-12-27-16-22/h5-11,13,17,22,25,27-28,32-33H,3-4,12,14-16,18-19H2,1-2H3/t22-/m1/s1. The van der Waals surface area contributed by atoms with Crippen molar-refractivity contribution in [3.05, 3.63) is 60.4 Å². The summed E-state index contributed by atoms with van der Waals surface area (Å²) in [6.45, 7) is 2.26. The molecule has 1 aromatic carbocycles. The van der Waals surface area contributed by atoms with Gasteiger partial charge in [0.25, 0.3) is 0 Å². The zero-order valence-electron chi connectivity index (χ0n) is 20.6. The Morgan fingerprint density at radius 3 is 2.51 bits per heavy atom. The second-order valence-electron chi connectivity index (χ2n) is 8.81. The Labute approximate surface area is 207 Å². The summed E-state index contributed by atoms with van der Waals surface area (Å²) in [5.74, 6) is 0.570. The van der Waals surface area contributed by atoms with Crippen LogP contribution >= 0.6 is 0 Å². The van der Waals surface area contributed by atoms with E-state index in [1.54, 1.807) is 13.2 Å². The van der Waals surface area contributed by atoms with Crippen molar-refractivity contribution in [2.24, 2.45) is 0 Å². The average Bonchev–Trinajstić information content (AvgIpc) is 3.03. The van der Waals surface area contributed by atoms with E-state index >= 15 is 0 Å². The smallest absolute Gasteiger partial charge is 0.410 e. The molecule has 0 aliphatic carbocycles. The van der Waals surface area contributed by atoms with E-state index in [2.05, 4.69) is 39.8 Å². The third-order valence-electron chi connectivity index (χ3n) is 6.25. The van der Waals surface area contributed by atoms with Gasteiger partial charge in [0, 0.05) is 51.2 Å². The van der Waals surface area contributed by atoms with Gasteiger partial charge in [0.1, 0.15) is 6.10 Å². The van der Waals surface area contributed by atoms with Crippen LogP contribution in [0.15, 0.2) is 54.9 Å². The number of aliphatic hydroxyl groups is 2. The first-order valence-electron chi connectivity index (χ1n) is 12.0. The van der Waals surface area contributed by atoms with E-state index in [4.69, 9.17) is 14.9 Å². The first-order chi connectivity index (χ1) is 17.0. The number of carbonyl (C=O) groups excluding carboxylic acids is 1. The SMILES string of the molecule is CN(CCN(C)c1cc[nH]ncc(-c2ccc([C@@H]3CCCNC3)cc2)cc1)C(=O)OC(CO)CO. The van der Waals surface area contributed by atoms with E-state index in [9.17, 15) is 4.79 Å². The number of amides is 1. The number of anilines is 1. The van der Waals surface area contributed by atoms with Crippen LogP contribution in [-0.4, -0.2) is 91.0 Å². The van der Waals surface area contributed by atoms with Crippen molar-refractivity contribution in [3.63, 3.8) is 0 Å². The molecule has 1 atom stereocenters. The van der Waals surface area contributed by atoms with Gasteiger partial charge in [-0.2, -0.15) is 5.10 Å². The lowest BCUT2D eigenvalue weighted by Gasteiger charge is -2.24. The molecule has 1 saturated heterocycles. The topological polar surface area (TPSA) is 114 Å². The van der Waals surface area contributed by atoms with Gasteiger partial charge in [-0.15, -0.1) is 0 Å². The van der Waals surface area contributed by atoms with Gasteiger partial charge in [0.2, 0.25) is 0 Å². The molecule has 9 heteroatoms. The summed E-state index contributed by atoms with van der Waals surface area (Å²) in [6, 6.07) is 14.7. The number of piperidine rings is 1. The molecule has 2 aromatic rings. The normalized spacial score (nSPS) is 15.4. The van der Waals surface area contributed by atoms with Gasteiger partial charge in [-0.05, 0) is 48.6 Å². The molecule has 0 bridgehead atoms. The van der Waals surface area contributed by atoms with E-state index in [0.717, 1.165) is 29.9 Å². The van der Waals surface area contributed by atoms with Gasteiger partial charge in [-0.3, -0.25) is 5.10 Å². The lowest BCUT2D eigenvalue weighted by atomic mass is 9.91. The minimum atomic E-state index is -0.911. The number of likely N-dealkylation sites (N-methyl/N-ethyl adjacent to an activating group) is 2. The van der Waals surface area contributed by atoms with Gasteiger partial charge in [-0.25, -0.2) is 4.79 Å². The Bertz CT molecular complexity index is 970. The lowest BCUT2D eigenvalue weighted by Crippen LogP contribution is -2.38. The summed E-state index contributed by atoms with van der Waals surface area (Å²) in [6.07, 6.45) is 4.51. The summed E-state index contributed by atoms with van der Waals surface area (Å²) in [7, 11) is 3.56. The predicted molar refractivity (Wildman–Crippen MR) is 137 cm³/mol. The van der Waals surface area contributed by atoms with E-state index in [0.29, 0.717) is 19.0 Å². The van der Waals surface area contributed by atoms with Crippen LogP contribution in [0.4, 0.5) is 10.5 Å². The molecular formula is C26H37N5O4. The fourth-order valence-electron chi connectivity index (χ4n) is 3.94. The Morgan fingerprint density at radius 1 is 1.09 bits per heavy atom. The third-order valence-corrected chi connectivity index (χ3v) is 6.25.